The van der Waals surface area contributed by atoms with Crippen LogP contribution in [-0.2, 0) is 11.8 Å². The number of hydrogen-bond donors (Lipinski definition) is 2. The van der Waals surface area contributed by atoms with Crippen molar-refractivity contribution in [2.75, 3.05) is 5.32 Å². The minimum Gasteiger partial charge on any atom is -0.365 e. The second-order valence-corrected chi connectivity index (χ2v) is 12.5. The highest BCUT2D eigenvalue weighted by molar-refractivity contribution is 6.09. The summed E-state index contributed by atoms with van der Waals surface area (Å²) in [6.45, 7) is 6.71. The van der Waals surface area contributed by atoms with E-state index in [-0.39, 0.29) is 11.6 Å². The van der Waals surface area contributed by atoms with E-state index < -0.39 is 0 Å². The van der Waals surface area contributed by atoms with Crippen LogP contribution in [0.1, 0.15) is 49.2 Å². The summed E-state index contributed by atoms with van der Waals surface area (Å²) in [5.41, 5.74) is 16.5. The molecule has 3 heteroatoms. The zero-order valence-electron chi connectivity index (χ0n) is 25.0. The van der Waals surface area contributed by atoms with Crippen LogP contribution in [0.4, 0.5) is 5.69 Å². The molecule has 0 radical (unpaired) electrons. The highest BCUT2D eigenvalue weighted by atomic mass is 15.0. The highest BCUT2D eigenvalue weighted by Crippen LogP contribution is 2.34. The van der Waals surface area contributed by atoms with E-state index in [0.717, 1.165) is 17.7 Å². The number of fused-ring (bicyclic) bond motifs is 4. The Kier molecular flexibility index (Phi) is 6.76. The number of aromatic nitrogens is 1. The number of nitrogens with two attached hydrogens (primary N) is 1. The molecule has 3 N–H and O–H groups in total. The molecule has 6 aromatic carbocycles. The normalized spacial score (nSPS) is 12.7. The van der Waals surface area contributed by atoms with Gasteiger partial charge in [0.25, 0.3) is 0 Å². The molecule has 43 heavy (non-hydrogen) atoms. The van der Waals surface area contributed by atoms with E-state index in [1.165, 1.54) is 55.0 Å². The molecular formula is C40H37N3. The summed E-state index contributed by atoms with van der Waals surface area (Å²) >= 11 is 0. The predicted molar refractivity (Wildman–Crippen MR) is 183 cm³/mol. The van der Waals surface area contributed by atoms with E-state index in [4.69, 9.17) is 5.73 Å². The number of nitrogens with zero attached hydrogens (tertiary/aromatic N) is 1. The molecule has 0 aliphatic carbocycles. The molecule has 0 aliphatic heterocycles. The molecule has 1 aromatic heterocycles. The molecule has 1 atom stereocenters. The number of hydrogen-bond acceptors (Lipinski definition) is 2. The topological polar surface area (TPSA) is 43.0 Å². The van der Waals surface area contributed by atoms with Crippen molar-refractivity contribution in [1.29, 1.82) is 0 Å². The third-order valence-corrected chi connectivity index (χ3v) is 8.60. The quantitative estimate of drug-likeness (QED) is 0.199. The van der Waals surface area contributed by atoms with Gasteiger partial charge in [-0.05, 0) is 63.7 Å². The van der Waals surface area contributed by atoms with Gasteiger partial charge in [-0.2, -0.15) is 0 Å². The third kappa shape index (κ3) is 5.07. The summed E-state index contributed by atoms with van der Waals surface area (Å²) in [6.07, 6.45) is 0.472. The maximum absolute atomic E-state index is 6.84. The van der Waals surface area contributed by atoms with Crippen LogP contribution >= 0.6 is 0 Å². The molecule has 0 aliphatic rings. The predicted octanol–water partition coefficient (Wildman–Crippen LogP) is 9.89. The van der Waals surface area contributed by atoms with Gasteiger partial charge in [0.15, 0.2) is 0 Å². The number of para-hydroxylation sites is 2. The molecule has 212 valence electrons. The van der Waals surface area contributed by atoms with Crippen LogP contribution in [0, 0.1) is 0 Å². The number of rotatable bonds is 6. The molecule has 3 nitrogen and oxygen atoms in total. The van der Waals surface area contributed by atoms with Crippen molar-refractivity contribution in [3.63, 3.8) is 0 Å². The lowest BCUT2D eigenvalue weighted by molar-refractivity contribution is 0.588. The lowest BCUT2D eigenvalue weighted by Crippen LogP contribution is -2.22. The Hall–Kier alpha value is -4.86. The first-order valence-electron chi connectivity index (χ1n) is 15.1. The molecule has 1 heterocycles. The van der Waals surface area contributed by atoms with Crippen LogP contribution in [0.5, 0.6) is 0 Å². The monoisotopic (exact) mass is 559 g/mol. The van der Waals surface area contributed by atoms with Gasteiger partial charge < -0.3 is 15.6 Å². The Labute approximate surface area is 253 Å². The Morgan fingerprint density at radius 2 is 1.28 bits per heavy atom. The SMILES string of the molecule is CC(C)(C)c1cccc(C(N)Nc2c(Cc3ccc(-n4c5ccccc5c5ccccc54)cc3)ccc3ccccc23)c1. The second-order valence-electron chi connectivity index (χ2n) is 12.5. The summed E-state index contributed by atoms with van der Waals surface area (Å²) in [5, 5.41) is 8.65. The van der Waals surface area contributed by atoms with E-state index in [1.807, 2.05) is 0 Å². The van der Waals surface area contributed by atoms with Gasteiger partial charge >= 0.3 is 0 Å². The molecule has 0 amide bonds. The largest absolute Gasteiger partial charge is 0.365 e. The standard InChI is InChI=1S/C40H37N3/c1-40(2,3)31-13-10-12-30(26-31)39(41)42-38-29(22-21-28-11-4-5-14-33(28)38)25-27-19-23-32(24-20-27)43-36-17-8-6-15-34(36)35-16-7-9-18-37(35)43/h4-24,26,39,42H,25,41H2,1-3H3. The molecule has 0 fully saturated rings. The van der Waals surface area contributed by atoms with Gasteiger partial charge in [0, 0.05) is 27.5 Å². The summed E-state index contributed by atoms with van der Waals surface area (Å²) in [4.78, 5) is 0. The second kappa shape index (κ2) is 10.8. The van der Waals surface area contributed by atoms with Crippen LogP contribution in [0.25, 0.3) is 38.3 Å². The molecule has 0 saturated carbocycles. The van der Waals surface area contributed by atoms with Gasteiger partial charge in [-0.15, -0.1) is 0 Å². The summed E-state index contributed by atoms with van der Waals surface area (Å²) in [7, 11) is 0. The first kappa shape index (κ1) is 27.0. The van der Waals surface area contributed by atoms with Crippen molar-refractivity contribution in [2.24, 2.45) is 5.73 Å². The maximum atomic E-state index is 6.84. The van der Waals surface area contributed by atoms with Crippen molar-refractivity contribution >= 4 is 38.3 Å². The number of anilines is 1. The van der Waals surface area contributed by atoms with Crippen LogP contribution < -0.4 is 11.1 Å². The van der Waals surface area contributed by atoms with Gasteiger partial charge in [0.05, 0.1) is 11.0 Å². The van der Waals surface area contributed by atoms with Crippen molar-refractivity contribution in [3.05, 3.63) is 156 Å². The minimum absolute atomic E-state index is 0.0612. The molecule has 7 rings (SSSR count). The summed E-state index contributed by atoms with van der Waals surface area (Å²) in [5.74, 6) is 0. The fraction of sp³-hybridized carbons (Fsp3) is 0.150. The lowest BCUT2D eigenvalue weighted by Gasteiger charge is -2.24. The number of nitrogens with one attached hydrogen (secondary N) is 1. The third-order valence-electron chi connectivity index (χ3n) is 8.60. The van der Waals surface area contributed by atoms with Crippen LogP contribution in [-0.4, -0.2) is 4.57 Å². The molecule has 7 aromatic rings. The Morgan fingerprint density at radius 1 is 0.651 bits per heavy atom. The van der Waals surface area contributed by atoms with E-state index >= 15 is 0 Å². The zero-order valence-corrected chi connectivity index (χ0v) is 25.0. The van der Waals surface area contributed by atoms with Crippen LogP contribution in [0.3, 0.4) is 0 Å². The van der Waals surface area contributed by atoms with Crippen molar-refractivity contribution in [1.82, 2.24) is 4.57 Å². The Morgan fingerprint density at radius 3 is 1.95 bits per heavy atom. The molecule has 0 bridgehead atoms. The van der Waals surface area contributed by atoms with E-state index in [0.29, 0.717) is 0 Å². The van der Waals surface area contributed by atoms with Gasteiger partial charge in [-0.25, -0.2) is 0 Å². The Balaban J connectivity index is 1.24. The molecule has 0 spiro atoms. The van der Waals surface area contributed by atoms with Crippen LogP contribution in [0.2, 0.25) is 0 Å². The van der Waals surface area contributed by atoms with Crippen LogP contribution in [0.15, 0.2) is 133 Å². The first-order valence-corrected chi connectivity index (χ1v) is 15.1. The van der Waals surface area contributed by atoms with Gasteiger partial charge in [0.2, 0.25) is 0 Å². The van der Waals surface area contributed by atoms with Crippen molar-refractivity contribution in [2.45, 2.75) is 38.8 Å². The zero-order chi connectivity index (χ0) is 29.6. The van der Waals surface area contributed by atoms with E-state index in [9.17, 15) is 0 Å². The lowest BCUT2D eigenvalue weighted by atomic mass is 9.86. The minimum atomic E-state index is -0.329. The average molecular weight is 560 g/mol. The van der Waals surface area contributed by atoms with Crippen molar-refractivity contribution in [3.8, 4) is 5.69 Å². The van der Waals surface area contributed by atoms with Gasteiger partial charge in [0.1, 0.15) is 6.17 Å². The van der Waals surface area contributed by atoms with Crippen molar-refractivity contribution < 1.29 is 0 Å². The first-order chi connectivity index (χ1) is 20.9. The molecular weight excluding hydrogens is 522 g/mol. The summed E-state index contributed by atoms with van der Waals surface area (Å²) < 4.78 is 2.36. The van der Waals surface area contributed by atoms with E-state index in [2.05, 4.69) is 164 Å². The van der Waals surface area contributed by atoms with Gasteiger partial charge in [-0.3, -0.25) is 0 Å². The smallest absolute Gasteiger partial charge is 0.101 e. The fourth-order valence-corrected chi connectivity index (χ4v) is 6.26. The molecule has 0 saturated heterocycles. The van der Waals surface area contributed by atoms with Gasteiger partial charge in [-0.1, -0.05) is 130 Å². The Bertz CT molecular complexity index is 2020. The maximum Gasteiger partial charge on any atom is 0.101 e. The molecule has 1 unspecified atom stereocenters. The highest BCUT2D eigenvalue weighted by Gasteiger charge is 2.18. The fourth-order valence-electron chi connectivity index (χ4n) is 6.26. The number of benzene rings is 6. The average Bonchev–Trinajstić information content (AvgIpc) is 3.36. The summed E-state index contributed by atoms with van der Waals surface area (Å²) in [6, 6.07) is 47.9. The van der Waals surface area contributed by atoms with E-state index in [1.54, 1.807) is 0 Å².